The number of ether oxygens (including phenoxy) is 2. The van der Waals surface area contributed by atoms with Gasteiger partial charge in [-0.1, -0.05) is 59.6 Å². The van der Waals surface area contributed by atoms with Gasteiger partial charge in [-0.3, -0.25) is 0 Å². The molecule has 0 saturated carbocycles. The third-order valence-electron chi connectivity index (χ3n) is 4.03. The minimum absolute atomic E-state index is 0.316. The van der Waals surface area contributed by atoms with Crippen LogP contribution in [0.1, 0.15) is 25.5 Å². The Balaban J connectivity index is 1.75. The normalized spacial score (nSPS) is 21.8. The van der Waals surface area contributed by atoms with Gasteiger partial charge in [0.1, 0.15) is 6.10 Å². The Morgan fingerprint density at radius 3 is 2.38 bits per heavy atom. The maximum absolute atomic E-state index is 12.5. The summed E-state index contributed by atoms with van der Waals surface area (Å²) < 4.78 is 11.8. The first-order valence-corrected chi connectivity index (χ1v) is 8.99. The maximum atomic E-state index is 12.5. The lowest BCUT2D eigenvalue weighted by Crippen LogP contribution is -2.52. The minimum atomic E-state index is -0.735. The third kappa shape index (κ3) is 4.48. The first-order chi connectivity index (χ1) is 12.4. The minimum Gasteiger partial charge on any atom is -0.348 e. The molecular weight excluding hydrogens is 375 g/mol. The van der Waals surface area contributed by atoms with E-state index in [4.69, 9.17) is 32.7 Å². The molecule has 0 radical (unpaired) electrons. The van der Waals surface area contributed by atoms with E-state index in [2.05, 4.69) is 10.6 Å². The molecule has 0 bridgehead atoms. The molecule has 1 saturated heterocycles. The van der Waals surface area contributed by atoms with Crippen molar-refractivity contribution in [2.45, 2.75) is 31.8 Å². The fourth-order valence-electron chi connectivity index (χ4n) is 2.80. The number of carbonyl (C=O) groups excluding carboxylic acids is 1. The van der Waals surface area contributed by atoms with E-state index in [0.717, 1.165) is 5.56 Å². The topological polar surface area (TPSA) is 59.6 Å². The van der Waals surface area contributed by atoms with Crippen molar-refractivity contribution in [3.63, 3.8) is 0 Å². The van der Waals surface area contributed by atoms with Gasteiger partial charge in [0.15, 0.2) is 5.79 Å². The van der Waals surface area contributed by atoms with E-state index in [1.807, 2.05) is 44.2 Å². The second kappa shape index (κ2) is 7.84. The molecule has 1 fully saturated rings. The number of nitrogens with one attached hydrogen (secondary N) is 2. The molecule has 0 aliphatic carbocycles. The number of hydrogen-bond acceptors (Lipinski definition) is 3. The smallest absolute Gasteiger partial charge is 0.319 e. The standard InChI is InChI=1S/C19H20Cl2N2O3/c1-19(2)25-11-15(17(26-19)12-7-4-3-5-8-12)22-18(24)23-16-13(20)9-6-10-14(16)21/h3-10,15,17H,11H2,1-2H3,(H2,22,23,24)/t15-,17+/m0/s1. The molecule has 0 unspecified atom stereocenters. The van der Waals surface area contributed by atoms with E-state index in [1.54, 1.807) is 18.2 Å². The van der Waals surface area contributed by atoms with Crippen LogP contribution in [0, 0.1) is 0 Å². The number of urea groups is 1. The molecule has 26 heavy (non-hydrogen) atoms. The molecule has 1 heterocycles. The molecule has 1 aliphatic heterocycles. The summed E-state index contributed by atoms with van der Waals surface area (Å²) in [4.78, 5) is 12.5. The van der Waals surface area contributed by atoms with Crippen molar-refractivity contribution in [2.24, 2.45) is 0 Å². The maximum Gasteiger partial charge on any atom is 0.319 e. The summed E-state index contributed by atoms with van der Waals surface area (Å²) in [5.41, 5.74) is 1.33. The summed E-state index contributed by atoms with van der Waals surface area (Å²) in [5, 5.41) is 6.31. The van der Waals surface area contributed by atoms with E-state index >= 15 is 0 Å². The van der Waals surface area contributed by atoms with Gasteiger partial charge in [-0.15, -0.1) is 0 Å². The zero-order chi connectivity index (χ0) is 18.7. The molecule has 138 valence electrons. The van der Waals surface area contributed by atoms with Crippen LogP contribution < -0.4 is 10.6 Å². The van der Waals surface area contributed by atoms with Gasteiger partial charge >= 0.3 is 6.03 Å². The van der Waals surface area contributed by atoms with Gasteiger partial charge in [-0.05, 0) is 31.5 Å². The number of hydrogen-bond donors (Lipinski definition) is 2. The Morgan fingerprint density at radius 2 is 1.73 bits per heavy atom. The van der Waals surface area contributed by atoms with Crippen LogP contribution in [-0.2, 0) is 9.47 Å². The lowest BCUT2D eigenvalue weighted by Gasteiger charge is -2.41. The quantitative estimate of drug-likeness (QED) is 0.768. The van der Waals surface area contributed by atoms with E-state index < -0.39 is 11.8 Å². The van der Waals surface area contributed by atoms with Gasteiger partial charge in [0.05, 0.1) is 28.4 Å². The zero-order valence-corrected chi connectivity index (χ0v) is 16.0. The number of benzene rings is 2. The summed E-state index contributed by atoms with van der Waals surface area (Å²) in [5.74, 6) is -0.735. The van der Waals surface area contributed by atoms with Crippen molar-refractivity contribution in [2.75, 3.05) is 11.9 Å². The summed E-state index contributed by atoms with van der Waals surface area (Å²) in [6, 6.07) is 13.9. The van der Waals surface area contributed by atoms with Crippen molar-refractivity contribution in [3.05, 3.63) is 64.1 Å². The molecule has 5 nitrogen and oxygen atoms in total. The van der Waals surface area contributed by atoms with Crippen LogP contribution in [0.2, 0.25) is 10.0 Å². The Kier molecular flexibility index (Phi) is 5.73. The Morgan fingerprint density at radius 1 is 1.08 bits per heavy atom. The molecule has 1 aliphatic rings. The van der Waals surface area contributed by atoms with Crippen LogP contribution >= 0.6 is 23.2 Å². The second-order valence-corrected chi connectivity index (χ2v) is 7.28. The molecule has 7 heteroatoms. The van der Waals surface area contributed by atoms with Crippen LogP contribution in [0.3, 0.4) is 0 Å². The number of anilines is 1. The molecule has 0 spiro atoms. The first kappa shape index (κ1) is 19.0. The van der Waals surface area contributed by atoms with Gasteiger partial charge in [0.25, 0.3) is 0 Å². The SMILES string of the molecule is CC1(C)OC[C@H](NC(=O)Nc2c(Cl)cccc2Cl)[C@@H](c2ccccc2)O1. The van der Waals surface area contributed by atoms with Crippen LogP contribution in [-0.4, -0.2) is 24.5 Å². The molecule has 2 aromatic carbocycles. The van der Waals surface area contributed by atoms with E-state index in [0.29, 0.717) is 22.3 Å². The highest BCUT2D eigenvalue weighted by Crippen LogP contribution is 2.33. The summed E-state index contributed by atoms with van der Waals surface area (Å²) in [7, 11) is 0. The Bertz CT molecular complexity index is 763. The monoisotopic (exact) mass is 394 g/mol. The van der Waals surface area contributed by atoms with Gasteiger partial charge in [0.2, 0.25) is 0 Å². The largest absolute Gasteiger partial charge is 0.348 e. The zero-order valence-electron chi connectivity index (χ0n) is 14.5. The van der Waals surface area contributed by atoms with Gasteiger partial charge < -0.3 is 20.1 Å². The van der Waals surface area contributed by atoms with Gasteiger partial charge in [-0.2, -0.15) is 0 Å². The lowest BCUT2D eigenvalue weighted by molar-refractivity contribution is -0.284. The lowest BCUT2D eigenvalue weighted by atomic mass is 10.0. The average Bonchev–Trinajstić information content (AvgIpc) is 2.60. The summed E-state index contributed by atoms with van der Waals surface area (Å²) >= 11 is 12.2. The van der Waals surface area contributed by atoms with E-state index in [1.165, 1.54) is 0 Å². The van der Waals surface area contributed by atoms with Crippen LogP contribution in [0.4, 0.5) is 10.5 Å². The Hall–Kier alpha value is -1.79. The molecule has 0 aromatic heterocycles. The molecule has 2 N–H and O–H groups in total. The average molecular weight is 395 g/mol. The number of para-hydroxylation sites is 1. The number of carbonyl (C=O) groups is 1. The molecule has 2 amide bonds. The molecule has 3 rings (SSSR count). The van der Waals surface area contributed by atoms with Crippen LogP contribution in [0.5, 0.6) is 0 Å². The highest BCUT2D eigenvalue weighted by molar-refractivity contribution is 6.39. The number of rotatable bonds is 3. The molecule has 2 atom stereocenters. The summed E-state index contributed by atoms with van der Waals surface area (Å²) in [6.07, 6.45) is -0.340. The van der Waals surface area contributed by atoms with Crippen molar-refractivity contribution in [3.8, 4) is 0 Å². The molecular formula is C19H20Cl2N2O3. The van der Waals surface area contributed by atoms with Crippen LogP contribution in [0.15, 0.2) is 48.5 Å². The molecule has 2 aromatic rings. The van der Waals surface area contributed by atoms with Gasteiger partial charge in [-0.25, -0.2) is 4.79 Å². The summed E-state index contributed by atoms with van der Waals surface area (Å²) in [6.45, 7) is 4.02. The van der Waals surface area contributed by atoms with E-state index in [9.17, 15) is 4.79 Å². The highest BCUT2D eigenvalue weighted by atomic mass is 35.5. The van der Waals surface area contributed by atoms with E-state index in [-0.39, 0.29) is 12.1 Å². The first-order valence-electron chi connectivity index (χ1n) is 8.24. The Labute approximate surface area is 162 Å². The predicted molar refractivity (Wildman–Crippen MR) is 103 cm³/mol. The fraction of sp³-hybridized carbons (Fsp3) is 0.316. The van der Waals surface area contributed by atoms with Crippen LogP contribution in [0.25, 0.3) is 0 Å². The van der Waals surface area contributed by atoms with Crippen molar-refractivity contribution in [1.82, 2.24) is 5.32 Å². The second-order valence-electron chi connectivity index (χ2n) is 6.46. The van der Waals surface area contributed by atoms with Crippen molar-refractivity contribution >= 4 is 34.9 Å². The highest BCUT2D eigenvalue weighted by Gasteiger charge is 2.38. The van der Waals surface area contributed by atoms with Crippen molar-refractivity contribution < 1.29 is 14.3 Å². The predicted octanol–water partition coefficient (Wildman–Crippen LogP) is 5.01. The fourth-order valence-corrected chi connectivity index (χ4v) is 3.29. The van der Waals surface area contributed by atoms with Gasteiger partial charge in [0, 0.05) is 0 Å². The number of amides is 2. The third-order valence-corrected chi connectivity index (χ3v) is 4.66. The number of halogens is 2. The van der Waals surface area contributed by atoms with Crippen molar-refractivity contribution in [1.29, 1.82) is 0 Å².